The van der Waals surface area contributed by atoms with Crippen molar-refractivity contribution in [2.24, 2.45) is 34.5 Å². The summed E-state index contributed by atoms with van der Waals surface area (Å²) in [4.78, 5) is 0. The first-order valence-corrected chi connectivity index (χ1v) is 13.4. The second-order valence-corrected chi connectivity index (χ2v) is 12.6. The summed E-state index contributed by atoms with van der Waals surface area (Å²) in [5.74, 6) is 3.25. The standard InChI is InChI=1S/C29H51NO/c1-20(2)10-8-11-21(3)25-13-14-26-27(12-9-16-29(25,26)7)30-22(4)18-23-19-24(31)15-17-28(23,5)6/h12,18,20-22,24-26,30-31H,8-11,13-17,19H2,1-7H3/b23-18-/t21-,22?,24?,25?,26?,29-/m1/s1. The molecule has 0 amide bonds. The van der Waals surface area contributed by atoms with Crippen molar-refractivity contribution in [3.63, 3.8) is 0 Å². The van der Waals surface area contributed by atoms with Gasteiger partial charge in [0.1, 0.15) is 0 Å². The van der Waals surface area contributed by atoms with E-state index in [1.165, 1.54) is 56.2 Å². The summed E-state index contributed by atoms with van der Waals surface area (Å²) in [6.07, 6.45) is 17.1. The highest BCUT2D eigenvalue weighted by atomic mass is 16.3. The highest BCUT2D eigenvalue weighted by Gasteiger charge is 2.50. The van der Waals surface area contributed by atoms with E-state index in [2.05, 4.69) is 65.9 Å². The second kappa shape index (κ2) is 10.0. The fourth-order valence-corrected chi connectivity index (χ4v) is 7.18. The van der Waals surface area contributed by atoms with Crippen molar-refractivity contribution in [2.75, 3.05) is 0 Å². The van der Waals surface area contributed by atoms with Gasteiger partial charge in [0.2, 0.25) is 0 Å². The third-order valence-electron chi connectivity index (χ3n) is 9.23. The lowest BCUT2D eigenvalue weighted by Crippen LogP contribution is -2.40. The van der Waals surface area contributed by atoms with Crippen molar-refractivity contribution in [1.82, 2.24) is 5.32 Å². The van der Waals surface area contributed by atoms with Crippen LogP contribution in [0.25, 0.3) is 0 Å². The number of hydrogen-bond donors (Lipinski definition) is 2. The molecule has 3 rings (SSSR count). The van der Waals surface area contributed by atoms with Gasteiger partial charge in [-0.2, -0.15) is 0 Å². The van der Waals surface area contributed by atoms with Crippen LogP contribution in [-0.2, 0) is 0 Å². The first-order chi connectivity index (χ1) is 14.5. The molecule has 2 saturated carbocycles. The predicted molar refractivity (Wildman–Crippen MR) is 134 cm³/mol. The summed E-state index contributed by atoms with van der Waals surface area (Å²) in [5, 5.41) is 14.1. The molecule has 0 aromatic rings. The molecule has 3 aliphatic carbocycles. The van der Waals surface area contributed by atoms with Crippen molar-refractivity contribution >= 4 is 0 Å². The van der Waals surface area contributed by atoms with Crippen LogP contribution in [0.2, 0.25) is 0 Å². The van der Waals surface area contributed by atoms with Crippen LogP contribution in [0.1, 0.15) is 113 Å². The van der Waals surface area contributed by atoms with Crippen molar-refractivity contribution in [1.29, 1.82) is 0 Å². The Morgan fingerprint density at radius 3 is 2.52 bits per heavy atom. The summed E-state index contributed by atoms with van der Waals surface area (Å²) in [6.45, 7) is 16.8. The molecular weight excluding hydrogens is 378 g/mol. The molecule has 0 aliphatic heterocycles. The van der Waals surface area contributed by atoms with Crippen molar-refractivity contribution in [2.45, 2.75) is 125 Å². The summed E-state index contributed by atoms with van der Waals surface area (Å²) in [6, 6.07) is 0.329. The molecule has 0 saturated heterocycles. The van der Waals surface area contributed by atoms with Crippen LogP contribution >= 0.6 is 0 Å². The monoisotopic (exact) mass is 429 g/mol. The molecule has 0 radical (unpaired) electrons. The van der Waals surface area contributed by atoms with E-state index < -0.39 is 0 Å². The quantitative estimate of drug-likeness (QED) is 0.389. The van der Waals surface area contributed by atoms with E-state index in [1.54, 1.807) is 0 Å². The number of fused-ring (bicyclic) bond motifs is 1. The Morgan fingerprint density at radius 1 is 1.06 bits per heavy atom. The maximum Gasteiger partial charge on any atom is 0.0577 e. The van der Waals surface area contributed by atoms with Crippen LogP contribution in [0, 0.1) is 34.5 Å². The van der Waals surface area contributed by atoms with Gasteiger partial charge in [-0.15, -0.1) is 0 Å². The zero-order chi connectivity index (χ0) is 22.8. The first-order valence-electron chi connectivity index (χ1n) is 13.4. The van der Waals surface area contributed by atoms with Gasteiger partial charge in [-0.05, 0) is 80.5 Å². The van der Waals surface area contributed by atoms with Gasteiger partial charge in [-0.1, -0.05) is 78.5 Å². The van der Waals surface area contributed by atoms with E-state index >= 15 is 0 Å². The van der Waals surface area contributed by atoms with Gasteiger partial charge < -0.3 is 10.4 Å². The van der Waals surface area contributed by atoms with E-state index in [-0.39, 0.29) is 11.5 Å². The summed E-state index contributed by atoms with van der Waals surface area (Å²) < 4.78 is 0. The summed E-state index contributed by atoms with van der Waals surface area (Å²) >= 11 is 0. The zero-order valence-electron chi connectivity index (χ0n) is 21.6. The average molecular weight is 430 g/mol. The number of allylic oxidation sites excluding steroid dienone is 2. The maximum atomic E-state index is 10.2. The molecular formula is C29H51NO. The molecule has 0 aromatic carbocycles. The first kappa shape index (κ1) is 24.9. The van der Waals surface area contributed by atoms with Crippen LogP contribution in [0.4, 0.5) is 0 Å². The molecule has 178 valence electrons. The molecule has 0 aromatic heterocycles. The minimum absolute atomic E-state index is 0.156. The predicted octanol–water partition coefficient (Wildman–Crippen LogP) is 7.63. The molecule has 6 atom stereocenters. The van der Waals surface area contributed by atoms with Gasteiger partial charge in [0.05, 0.1) is 6.10 Å². The average Bonchev–Trinajstić information content (AvgIpc) is 3.02. The Bertz CT molecular complexity index is 660. The van der Waals surface area contributed by atoms with Crippen LogP contribution in [0.3, 0.4) is 0 Å². The van der Waals surface area contributed by atoms with Gasteiger partial charge in [-0.25, -0.2) is 0 Å². The van der Waals surface area contributed by atoms with E-state index in [9.17, 15) is 5.11 Å². The van der Waals surface area contributed by atoms with Crippen molar-refractivity contribution < 1.29 is 5.11 Å². The fourth-order valence-electron chi connectivity index (χ4n) is 7.18. The summed E-state index contributed by atoms with van der Waals surface area (Å²) in [7, 11) is 0. The fraction of sp³-hybridized carbons (Fsp3) is 0.862. The Labute approximate surface area is 193 Å². The number of hydrogen-bond acceptors (Lipinski definition) is 2. The molecule has 31 heavy (non-hydrogen) atoms. The third-order valence-corrected chi connectivity index (χ3v) is 9.23. The normalized spacial score (nSPS) is 36.2. The van der Waals surface area contributed by atoms with E-state index in [1.807, 2.05) is 0 Å². The smallest absolute Gasteiger partial charge is 0.0577 e. The minimum atomic E-state index is -0.156. The number of aliphatic hydroxyl groups excluding tert-OH is 1. The summed E-state index contributed by atoms with van der Waals surface area (Å²) in [5.41, 5.74) is 3.63. The van der Waals surface area contributed by atoms with E-state index in [4.69, 9.17) is 0 Å². The van der Waals surface area contributed by atoms with Crippen LogP contribution in [0.15, 0.2) is 23.4 Å². The third kappa shape index (κ3) is 5.79. The van der Waals surface area contributed by atoms with Crippen molar-refractivity contribution in [3.8, 4) is 0 Å². The van der Waals surface area contributed by atoms with Gasteiger partial charge in [0.15, 0.2) is 0 Å². The molecule has 2 N–H and O–H groups in total. The topological polar surface area (TPSA) is 32.3 Å². The number of rotatable bonds is 8. The lowest BCUT2D eigenvalue weighted by atomic mass is 9.63. The lowest BCUT2D eigenvalue weighted by Gasteiger charge is -2.44. The largest absolute Gasteiger partial charge is 0.393 e. The van der Waals surface area contributed by atoms with Gasteiger partial charge in [-0.3, -0.25) is 0 Å². The Hall–Kier alpha value is -0.760. The molecule has 2 nitrogen and oxygen atoms in total. The van der Waals surface area contributed by atoms with E-state index in [0.29, 0.717) is 17.4 Å². The van der Waals surface area contributed by atoms with E-state index in [0.717, 1.165) is 37.0 Å². The highest BCUT2D eigenvalue weighted by molar-refractivity contribution is 5.23. The Kier molecular flexibility index (Phi) is 8.04. The van der Waals surface area contributed by atoms with Gasteiger partial charge in [0, 0.05) is 17.7 Å². The molecule has 0 spiro atoms. The van der Waals surface area contributed by atoms with Gasteiger partial charge >= 0.3 is 0 Å². The molecule has 0 bridgehead atoms. The van der Waals surface area contributed by atoms with Crippen LogP contribution in [0.5, 0.6) is 0 Å². The maximum absolute atomic E-state index is 10.2. The molecule has 2 heteroatoms. The molecule has 4 unspecified atom stereocenters. The molecule has 2 fully saturated rings. The van der Waals surface area contributed by atoms with Gasteiger partial charge in [0.25, 0.3) is 0 Å². The highest BCUT2D eigenvalue weighted by Crippen LogP contribution is 2.58. The van der Waals surface area contributed by atoms with Crippen molar-refractivity contribution in [3.05, 3.63) is 23.4 Å². The second-order valence-electron chi connectivity index (χ2n) is 12.6. The van der Waals surface area contributed by atoms with Crippen LogP contribution in [-0.4, -0.2) is 17.3 Å². The number of aliphatic hydroxyl groups is 1. The Morgan fingerprint density at radius 2 is 1.81 bits per heavy atom. The molecule has 3 aliphatic rings. The van der Waals surface area contributed by atoms with Crippen LogP contribution < -0.4 is 5.32 Å². The number of nitrogens with one attached hydrogen (secondary N) is 1. The Balaban J connectivity index is 1.65. The zero-order valence-corrected chi connectivity index (χ0v) is 21.6. The minimum Gasteiger partial charge on any atom is -0.393 e. The molecule has 0 heterocycles. The SMILES string of the molecule is CC(C)CCC[C@@H](C)C1CCC2C(NC(C)/C=C3/CC(O)CCC3(C)C)=CCC[C@@]21C. The lowest BCUT2D eigenvalue weighted by molar-refractivity contribution is 0.102.